The molecule has 1 saturated heterocycles. The van der Waals surface area contributed by atoms with Gasteiger partial charge < -0.3 is 15.0 Å². The first-order valence-corrected chi connectivity index (χ1v) is 7.44. The van der Waals surface area contributed by atoms with Crippen LogP contribution in [0.5, 0.6) is 0 Å². The highest BCUT2D eigenvalue weighted by molar-refractivity contribution is 5.47. The van der Waals surface area contributed by atoms with Gasteiger partial charge >= 0.3 is 0 Å². The fraction of sp³-hybridized carbons (Fsp3) is 0.625. The first kappa shape index (κ1) is 13.8. The third-order valence-electron chi connectivity index (χ3n) is 4.55. The topological polar surface area (TPSA) is 24.5 Å². The number of rotatable bonds is 6. The first-order chi connectivity index (χ1) is 9.71. The van der Waals surface area contributed by atoms with Crippen LogP contribution in [0.25, 0.3) is 0 Å². The van der Waals surface area contributed by atoms with Crippen LogP contribution in [0, 0.1) is 11.2 Å². The number of nitrogens with one attached hydrogen (secondary N) is 1. The standard InChI is InChI=1S/C16H23FN2O/c1-20-12-16(7-8-16)11-18-14-6-9-19(10-14)15-4-2-13(17)3-5-15/h2-5,14,18H,6-12H2,1H3/t14-/m0/s1. The average Bonchev–Trinajstić information content (AvgIpc) is 3.05. The van der Waals surface area contributed by atoms with Crippen molar-refractivity contribution in [3.05, 3.63) is 30.1 Å². The smallest absolute Gasteiger partial charge is 0.123 e. The Labute approximate surface area is 120 Å². The van der Waals surface area contributed by atoms with Crippen molar-refractivity contribution >= 4 is 5.69 Å². The summed E-state index contributed by atoms with van der Waals surface area (Å²) in [5.41, 5.74) is 1.52. The Bertz CT molecular complexity index is 444. The molecule has 1 aliphatic carbocycles. The molecular formula is C16H23FN2O. The Morgan fingerprint density at radius 3 is 2.75 bits per heavy atom. The van der Waals surface area contributed by atoms with Crippen LogP contribution in [0.4, 0.5) is 10.1 Å². The van der Waals surface area contributed by atoms with Crippen LogP contribution >= 0.6 is 0 Å². The molecule has 1 saturated carbocycles. The minimum atomic E-state index is -0.169. The molecule has 1 atom stereocenters. The molecule has 1 heterocycles. The summed E-state index contributed by atoms with van der Waals surface area (Å²) in [6.45, 7) is 3.98. The van der Waals surface area contributed by atoms with E-state index >= 15 is 0 Å². The maximum absolute atomic E-state index is 12.9. The fourth-order valence-corrected chi connectivity index (χ4v) is 3.03. The van der Waals surface area contributed by atoms with Crippen LogP contribution in [0.1, 0.15) is 19.3 Å². The molecule has 0 spiro atoms. The van der Waals surface area contributed by atoms with Gasteiger partial charge in [0.2, 0.25) is 0 Å². The number of anilines is 1. The summed E-state index contributed by atoms with van der Waals surface area (Å²) < 4.78 is 18.2. The lowest BCUT2D eigenvalue weighted by molar-refractivity contribution is 0.138. The van der Waals surface area contributed by atoms with Crippen molar-refractivity contribution in [2.45, 2.75) is 25.3 Å². The van der Waals surface area contributed by atoms with Crippen molar-refractivity contribution in [3.63, 3.8) is 0 Å². The van der Waals surface area contributed by atoms with E-state index in [1.165, 1.54) is 25.0 Å². The fourth-order valence-electron chi connectivity index (χ4n) is 3.03. The van der Waals surface area contributed by atoms with Crippen molar-refractivity contribution < 1.29 is 9.13 Å². The van der Waals surface area contributed by atoms with E-state index in [1.807, 2.05) is 12.1 Å². The SMILES string of the molecule is COCC1(CN[C@H]2CCN(c3ccc(F)cc3)C2)CC1. The van der Waals surface area contributed by atoms with Gasteiger partial charge in [-0.1, -0.05) is 0 Å². The average molecular weight is 278 g/mol. The molecule has 0 unspecified atom stereocenters. The molecule has 20 heavy (non-hydrogen) atoms. The highest BCUT2D eigenvalue weighted by Crippen LogP contribution is 2.45. The molecular weight excluding hydrogens is 255 g/mol. The van der Waals surface area contributed by atoms with E-state index in [2.05, 4.69) is 10.2 Å². The second-order valence-corrected chi connectivity index (χ2v) is 6.22. The van der Waals surface area contributed by atoms with Gasteiger partial charge in [-0.25, -0.2) is 4.39 Å². The molecule has 3 nitrogen and oxygen atoms in total. The molecule has 3 rings (SSSR count). The zero-order valence-corrected chi connectivity index (χ0v) is 12.1. The maximum Gasteiger partial charge on any atom is 0.123 e. The predicted molar refractivity (Wildman–Crippen MR) is 78.6 cm³/mol. The lowest BCUT2D eigenvalue weighted by Gasteiger charge is -2.21. The lowest BCUT2D eigenvalue weighted by Crippen LogP contribution is -2.37. The third-order valence-corrected chi connectivity index (χ3v) is 4.55. The van der Waals surface area contributed by atoms with Gasteiger partial charge in [0, 0.05) is 43.9 Å². The van der Waals surface area contributed by atoms with Crippen LogP contribution in [-0.4, -0.2) is 39.4 Å². The molecule has 0 amide bonds. The largest absolute Gasteiger partial charge is 0.384 e. The summed E-state index contributed by atoms with van der Waals surface area (Å²) in [4.78, 5) is 2.33. The summed E-state index contributed by atoms with van der Waals surface area (Å²) in [6.07, 6.45) is 3.71. The highest BCUT2D eigenvalue weighted by atomic mass is 19.1. The van der Waals surface area contributed by atoms with Crippen LogP contribution in [0.3, 0.4) is 0 Å². The van der Waals surface area contributed by atoms with E-state index in [9.17, 15) is 4.39 Å². The van der Waals surface area contributed by atoms with Crippen LogP contribution < -0.4 is 10.2 Å². The Kier molecular flexibility index (Phi) is 3.94. The number of hydrogen-bond donors (Lipinski definition) is 1. The van der Waals surface area contributed by atoms with E-state index in [4.69, 9.17) is 4.74 Å². The van der Waals surface area contributed by atoms with Crippen molar-refractivity contribution in [2.24, 2.45) is 5.41 Å². The van der Waals surface area contributed by atoms with Gasteiger partial charge in [-0.3, -0.25) is 0 Å². The lowest BCUT2D eigenvalue weighted by atomic mass is 10.1. The molecule has 1 aliphatic heterocycles. The van der Waals surface area contributed by atoms with Gasteiger partial charge in [-0.15, -0.1) is 0 Å². The van der Waals surface area contributed by atoms with Crippen LogP contribution in [0.2, 0.25) is 0 Å². The second-order valence-electron chi connectivity index (χ2n) is 6.22. The molecule has 1 N–H and O–H groups in total. The van der Waals surface area contributed by atoms with Gasteiger partial charge in [-0.05, 0) is 43.5 Å². The second kappa shape index (κ2) is 5.70. The molecule has 1 aromatic carbocycles. The summed E-state index contributed by atoms with van der Waals surface area (Å²) in [7, 11) is 1.78. The zero-order valence-electron chi connectivity index (χ0n) is 12.1. The van der Waals surface area contributed by atoms with Gasteiger partial charge in [0.15, 0.2) is 0 Å². The van der Waals surface area contributed by atoms with Crippen molar-refractivity contribution in [2.75, 3.05) is 38.3 Å². The Balaban J connectivity index is 1.48. The van der Waals surface area contributed by atoms with Crippen LogP contribution in [0.15, 0.2) is 24.3 Å². The van der Waals surface area contributed by atoms with E-state index in [-0.39, 0.29) is 5.82 Å². The molecule has 0 bridgehead atoms. The van der Waals surface area contributed by atoms with Crippen LogP contribution in [-0.2, 0) is 4.74 Å². The van der Waals surface area contributed by atoms with Gasteiger partial charge in [0.05, 0.1) is 6.61 Å². The van der Waals surface area contributed by atoms with E-state index in [0.717, 1.165) is 38.3 Å². The minimum absolute atomic E-state index is 0.169. The summed E-state index contributed by atoms with van der Waals surface area (Å²) in [5, 5.41) is 3.68. The summed E-state index contributed by atoms with van der Waals surface area (Å²) in [5.74, 6) is -0.169. The molecule has 1 aromatic rings. The normalized spacial score (nSPS) is 24.1. The maximum atomic E-state index is 12.9. The zero-order chi connectivity index (χ0) is 14.0. The monoisotopic (exact) mass is 278 g/mol. The number of halogens is 1. The Morgan fingerprint density at radius 2 is 2.10 bits per heavy atom. The molecule has 0 aromatic heterocycles. The molecule has 2 fully saturated rings. The predicted octanol–water partition coefficient (Wildman–Crippen LogP) is 2.42. The van der Waals surface area contributed by atoms with Gasteiger partial charge in [0.25, 0.3) is 0 Å². The van der Waals surface area contributed by atoms with Crippen molar-refractivity contribution in [1.82, 2.24) is 5.32 Å². The van der Waals surface area contributed by atoms with Gasteiger partial charge in [0.1, 0.15) is 5.82 Å². The number of hydrogen-bond acceptors (Lipinski definition) is 3. The first-order valence-electron chi connectivity index (χ1n) is 7.44. The molecule has 110 valence electrons. The van der Waals surface area contributed by atoms with Crippen molar-refractivity contribution in [3.8, 4) is 0 Å². The van der Waals surface area contributed by atoms with E-state index in [0.29, 0.717) is 11.5 Å². The third kappa shape index (κ3) is 3.13. The summed E-state index contributed by atoms with van der Waals surface area (Å²) >= 11 is 0. The summed E-state index contributed by atoms with van der Waals surface area (Å²) in [6, 6.07) is 7.34. The quantitative estimate of drug-likeness (QED) is 0.865. The van der Waals surface area contributed by atoms with Gasteiger partial charge in [-0.2, -0.15) is 0 Å². The molecule has 0 radical (unpaired) electrons. The van der Waals surface area contributed by atoms with Crippen molar-refractivity contribution in [1.29, 1.82) is 0 Å². The number of nitrogens with zero attached hydrogens (tertiary/aromatic N) is 1. The number of benzene rings is 1. The highest BCUT2D eigenvalue weighted by Gasteiger charge is 2.42. The number of ether oxygens (including phenoxy) is 1. The van der Waals surface area contributed by atoms with E-state index in [1.54, 1.807) is 7.11 Å². The minimum Gasteiger partial charge on any atom is -0.384 e. The van der Waals surface area contributed by atoms with E-state index < -0.39 is 0 Å². The molecule has 2 aliphatic rings. The Morgan fingerprint density at radius 1 is 1.35 bits per heavy atom. The molecule has 4 heteroatoms. The number of methoxy groups -OCH3 is 1. The Hall–Kier alpha value is -1.13.